The van der Waals surface area contributed by atoms with Gasteiger partial charge in [0, 0.05) is 13.1 Å². The lowest BCUT2D eigenvalue weighted by Crippen LogP contribution is -2.50. The molecule has 9 nitrogen and oxygen atoms in total. The fourth-order valence-electron chi connectivity index (χ4n) is 4.19. The van der Waals surface area contributed by atoms with Gasteiger partial charge in [0.2, 0.25) is 5.96 Å². The molecule has 0 radical (unpaired) electrons. The van der Waals surface area contributed by atoms with Crippen molar-refractivity contribution in [3.63, 3.8) is 0 Å². The SMILES string of the molecule is CC(C)(C)OC(=O)NC(=NCCCCCCCCNCCCCCCCCN)N(CC1CC1)C(=O)OC(C)(C)C. The van der Waals surface area contributed by atoms with Gasteiger partial charge in [-0.2, -0.15) is 0 Å². The molecule has 0 aromatic carbocycles. The number of rotatable bonds is 19. The Balaban J connectivity index is 2.39. The molecule has 0 aromatic rings. The number of alkyl carbamates (subject to hydrolysis) is 1. The van der Waals surface area contributed by atoms with Gasteiger partial charge in [-0.15, -0.1) is 0 Å². The first-order valence-corrected chi connectivity index (χ1v) is 15.9. The third-order valence-corrected chi connectivity index (χ3v) is 6.45. The topological polar surface area (TPSA) is 118 Å². The molecule has 234 valence electrons. The third kappa shape index (κ3) is 21.0. The first-order chi connectivity index (χ1) is 18.9. The molecule has 4 N–H and O–H groups in total. The molecule has 1 fully saturated rings. The minimum Gasteiger partial charge on any atom is -0.444 e. The summed E-state index contributed by atoms with van der Waals surface area (Å²) in [5.41, 5.74) is 4.24. The zero-order valence-electron chi connectivity index (χ0n) is 26.6. The molecule has 9 heteroatoms. The van der Waals surface area contributed by atoms with Gasteiger partial charge in [0.25, 0.3) is 0 Å². The van der Waals surface area contributed by atoms with Crippen molar-refractivity contribution in [2.75, 3.05) is 32.7 Å². The second-order valence-electron chi connectivity index (χ2n) is 13.1. The van der Waals surface area contributed by atoms with E-state index in [1.807, 2.05) is 41.5 Å². The van der Waals surface area contributed by atoms with E-state index in [-0.39, 0.29) is 5.96 Å². The van der Waals surface area contributed by atoms with Crippen LogP contribution in [0.15, 0.2) is 4.99 Å². The Hall–Kier alpha value is -1.87. The number of nitrogens with one attached hydrogen (secondary N) is 2. The molecule has 0 saturated heterocycles. The molecule has 0 unspecified atom stereocenters. The standard InChI is InChI=1S/C31H61N5O4/c1-30(2,3)39-28(37)35-27(36(25-26-19-20-26)29(38)40-31(4,5)6)34-24-18-14-10-9-13-17-23-33-22-16-12-8-7-11-15-21-32/h26,33H,7-25,32H2,1-6H3,(H,34,35,37). The first-order valence-electron chi connectivity index (χ1n) is 15.9. The van der Waals surface area contributed by atoms with Gasteiger partial charge in [-0.25, -0.2) is 14.5 Å². The maximum absolute atomic E-state index is 13.0. The lowest BCUT2D eigenvalue weighted by molar-refractivity contribution is 0.0352. The van der Waals surface area contributed by atoms with Crippen LogP contribution in [0.2, 0.25) is 0 Å². The molecule has 0 spiro atoms. The maximum Gasteiger partial charge on any atom is 0.417 e. The number of ether oxygens (including phenoxy) is 2. The van der Waals surface area contributed by atoms with Crippen LogP contribution in [-0.4, -0.2) is 67.0 Å². The Morgan fingerprint density at radius 3 is 1.77 bits per heavy atom. The van der Waals surface area contributed by atoms with Gasteiger partial charge in [-0.3, -0.25) is 10.3 Å². The van der Waals surface area contributed by atoms with Crippen LogP contribution in [0.4, 0.5) is 9.59 Å². The summed E-state index contributed by atoms with van der Waals surface area (Å²) in [6, 6.07) is 0. The molecule has 0 heterocycles. The van der Waals surface area contributed by atoms with Gasteiger partial charge in [0.1, 0.15) is 11.2 Å². The van der Waals surface area contributed by atoms with Gasteiger partial charge >= 0.3 is 12.2 Å². The van der Waals surface area contributed by atoms with Crippen molar-refractivity contribution in [1.82, 2.24) is 15.5 Å². The molecule has 0 bridgehead atoms. The Bertz CT molecular complexity index is 726. The zero-order chi connectivity index (χ0) is 29.9. The van der Waals surface area contributed by atoms with Crippen molar-refractivity contribution < 1.29 is 19.1 Å². The minimum absolute atomic E-state index is 0.219. The smallest absolute Gasteiger partial charge is 0.417 e. The number of amides is 2. The second-order valence-corrected chi connectivity index (χ2v) is 13.1. The van der Waals surface area contributed by atoms with E-state index in [0.29, 0.717) is 19.0 Å². The predicted octanol–water partition coefficient (Wildman–Crippen LogP) is 6.74. The number of hydrogen-bond acceptors (Lipinski definition) is 7. The van der Waals surface area contributed by atoms with Gasteiger partial charge in [0.05, 0.1) is 0 Å². The highest BCUT2D eigenvalue weighted by molar-refractivity contribution is 6.01. The summed E-state index contributed by atoms with van der Waals surface area (Å²) in [7, 11) is 0. The van der Waals surface area contributed by atoms with Crippen molar-refractivity contribution in [2.24, 2.45) is 16.6 Å². The van der Waals surface area contributed by atoms with Crippen molar-refractivity contribution in [2.45, 2.75) is 143 Å². The van der Waals surface area contributed by atoms with E-state index in [1.54, 1.807) is 0 Å². The van der Waals surface area contributed by atoms with Gasteiger partial charge in [0.15, 0.2) is 0 Å². The monoisotopic (exact) mass is 567 g/mol. The largest absolute Gasteiger partial charge is 0.444 e. The van der Waals surface area contributed by atoms with Gasteiger partial charge < -0.3 is 20.5 Å². The Labute approximate surface area is 244 Å². The van der Waals surface area contributed by atoms with Gasteiger partial charge in [-0.05, 0) is 106 Å². The molecule has 1 aliphatic rings. The summed E-state index contributed by atoms with van der Waals surface area (Å²) < 4.78 is 11.1. The maximum atomic E-state index is 13.0. The van der Waals surface area contributed by atoms with Gasteiger partial charge in [-0.1, -0.05) is 51.4 Å². The zero-order valence-corrected chi connectivity index (χ0v) is 26.6. The van der Waals surface area contributed by atoms with E-state index in [1.165, 1.54) is 56.3 Å². The first kappa shape index (κ1) is 36.2. The number of guanidine groups is 1. The van der Waals surface area contributed by atoms with Crippen LogP contribution < -0.4 is 16.4 Å². The van der Waals surface area contributed by atoms with E-state index in [0.717, 1.165) is 58.2 Å². The summed E-state index contributed by atoms with van der Waals surface area (Å²) in [6.45, 7) is 15.0. The predicted molar refractivity (Wildman–Crippen MR) is 165 cm³/mol. The second kappa shape index (κ2) is 20.1. The average molecular weight is 568 g/mol. The number of aliphatic imine (C=N–C) groups is 1. The van der Waals surface area contributed by atoms with Crippen molar-refractivity contribution in [1.29, 1.82) is 0 Å². The molecular weight excluding hydrogens is 506 g/mol. The third-order valence-electron chi connectivity index (χ3n) is 6.45. The molecule has 0 aromatic heterocycles. The van der Waals surface area contributed by atoms with E-state index in [9.17, 15) is 9.59 Å². The van der Waals surface area contributed by atoms with Crippen LogP contribution in [0, 0.1) is 5.92 Å². The fourth-order valence-corrected chi connectivity index (χ4v) is 4.19. The molecular formula is C31H61N5O4. The van der Waals surface area contributed by atoms with E-state index < -0.39 is 23.4 Å². The van der Waals surface area contributed by atoms with E-state index in [4.69, 9.17) is 15.2 Å². The molecule has 1 saturated carbocycles. The van der Waals surface area contributed by atoms with Crippen LogP contribution in [-0.2, 0) is 9.47 Å². The molecule has 40 heavy (non-hydrogen) atoms. The van der Waals surface area contributed by atoms with E-state index >= 15 is 0 Å². The van der Waals surface area contributed by atoms with Crippen LogP contribution in [0.3, 0.4) is 0 Å². The highest BCUT2D eigenvalue weighted by atomic mass is 16.6. The Morgan fingerprint density at radius 2 is 1.27 bits per heavy atom. The lowest BCUT2D eigenvalue weighted by atomic mass is 10.1. The lowest BCUT2D eigenvalue weighted by Gasteiger charge is -2.29. The number of nitrogens with zero attached hydrogens (tertiary/aromatic N) is 2. The summed E-state index contributed by atoms with van der Waals surface area (Å²) in [5.74, 6) is 0.621. The Kier molecular flexibility index (Phi) is 18.2. The highest BCUT2D eigenvalue weighted by Gasteiger charge is 2.33. The summed E-state index contributed by atoms with van der Waals surface area (Å²) in [5, 5.41) is 6.30. The summed E-state index contributed by atoms with van der Waals surface area (Å²) in [4.78, 5) is 31.7. The highest BCUT2D eigenvalue weighted by Crippen LogP contribution is 2.30. The molecule has 1 rings (SSSR count). The van der Waals surface area contributed by atoms with Crippen LogP contribution in [0.5, 0.6) is 0 Å². The average Bonchev–Trinajstić information content (AvgIpc) is 3.66. The number of nitrogens with two attached hydrogens (primary N) is 1. The summed E-state index contributed by atoms with van der Waals surface area (Å²) >= 11 is 0. The molecule has 0 aliphatic heterocycles. The van der Waals surface area contributed by atoms with Crippen molar-refractivity contribution >= 4 is 18.1 Å². The fraction of sp³-hybridized carbons (Fsp3) is 0.903. The molecule has 2 amide bonds. The van der Waals surface area contributed by atoms with Crippen LogP contribution in [0.1, 0.15) is 131 Å². The number of carbonyl (C=O) groups is 2. The van der Waals surface area contributed by atoms with Crippen molar-refractivity contribution in [3.05, 3.63) is 0 Å². The molecule has 1 aliphatic carbocycles. The Morgan fingerprint density at radius 1 is 0.775 bits per heavy atom. The summed E-state index contributed by atoms with van der Waals surface area (Å²) in [6.07, 6.45) is 15.4. The minimum atomic E-state index is -0.650. The number of unbranched alkanes of at least 4 members (excludes halogenated alkanes) is 10. The normalized spacial score (nSPS) is 14.2. The van der Waals surface area contributed by atoms with Crippen LogP contribution in [0.25, 0.3) is 0 Å². The van der Waals surface area contributed by atoms with E-state index in [2.05, 4.69) is 15.6 Å². The van der Waals surface area contributed by atoms with Crippen LogP contribution >= 0.6 is 0 Å². The van der Waals surface area contributed by atoms with Crippen molar-refractivity contribution in [3.8, 4) is 0 Å². The quantitative estimate of drug-likeness (QED) is 0.0903. The number of hydrogen-bond donors (Lipinski definition) is 3. The number of carbonyl (C=O) groups excluding carboxylic acids is 2. The molecule has 0 atom stereocenters.